The second kappa shape index (κ2) is 7.99. The van der Waals surface area contributed by atoms with Crippen molar-refractivity contribution in [3.63, 3.8) is 0 Å². The van der Waals surface area contributed by atoms with Gasteiger partial charge in [-0.3, -0.25) is 0 Å². The van der Waals surface area contributed by atoms with Crippen molar-refractivity contribution < 1.29 is 15.3 Å². The monoisotopic (exact) mass is 430 g/mol. The summed E-state index contributed by atoms with van der Waals surface area (Å²) in [6.07, 6.45) is 12.1. The van der Waals surface area contributed by atoms with Crippen molar-refractivity contribution in [2.75, 3.05) is 0 Å². The maximum atomic E-state index is 12.2. The first-order valence-corrected chi connectivity index (χ1v) is 12.9. The maximum Gasteiger partial charge on any atom is 0.0916 e. The summed E-state index contributed by atoms with van der Waals surface area (Å²) >= 11 is 0. The van der Waals surface area contributed by atoms with Gasteiger partial charge in [0, 0.05) is 5.41 Å². The number of aliphatic hydroxyl groups is 3. The normalized spacial score (nSPS) is 49.4. The maximum absolute atomic E-state index is 12.2. The molecule has 4 rings (SSSR count). The topological polar surface area (TPSA) is 60.7 Å². The average Bonchev–Trinajstić information content (AvgIpc) is 3.05. The minimum atomic E-state index is -0.832. The van der Waals surface area contributed by atoms with Crippen molar-refractivity contribution in [2.45, 2.75) is 104 Å². The Hall–Kier alpha value is -0.640. The van der Waals surface area contributed by atoms with E-state index in [1.807, 2.05) is 0 Å². The van der Waals surface area contributed by atoms with Gasteiger partial charge in [0.25, 0.3) is 0 Å². The Labute approximate surface area is 190 Å². The Bertz CT molecular complexity index is 741. The molecule has 0 aromatic heterocycles. The predicted octanol–water partition coefficient (Wildman–Crippen LogP) is 5.50. The molecule has 0 amide bonds. The molecule has 0 spiro atoms. The van der Waals surface area contributed by atoms with Crippen LogP contribution in [0.5, 0.6) is 0 Å². The lowest BCUT2D eigenvalue weighted by Gasteiger charge is -2.62. The van der Waals surface area contributed by atoms with Gasteiger partial charge in [0.15, 0.2) is 0 Å². The zero-order chi connectivity index (χ0) is 22.8. The second-order valence-corrected chi connectivity index (χ2v) is 12.5. The standard InChI is InChI=1S/C28H46O3/c1-17(2)18(3)7-8-19(4)21-11-12-22-23-10-9-20-15-24(29)25(30)16-27(20,6)28(23,31)14-13-26(21,22)5/h7-8,10,17-22,24-25,29-31H,9,11-16H2,1-6H3/t18-,19+,20?,21+,22-,24?,25?,26+,27-,28+/m0/s1. The van der Waals surface area contributed by atoms with Crippen LogP contribution in [0, 0.1) is 46.3 Å². The molecule has 3 nitrogen and oxygen atoms in total. The van der Waals surface area contributed by atoms with Crippen molar-refractivity contribution in [3.05, 3.63) is 23.8 Å². The summed E-state index contributed by atoms with van der Waals surface area (Å²) < 4.78 is 0. The van der Waals surface area contributed by atoms with E-state index in [9.17, 15) is 15.3 Å². The van der Waals surface area contributed by atoms with Crippen LogP contribution < -0.4 is 0 Å². The first-order valence-electron chi connectivity index (χ1n) is 12.9. The number of hydrogen-bond donors (Lipinski definition) is 3. The van der Waals surface area contributed by atoms with E-state index < -0.39 is 17.8 Å². The van der Waals surface area contributed by atoms with Gasteiger partial charge in [-0.25, -0.2) is 0 Å². The second-order valence-electron chi connectivity index (χ2n) is 12.5. The third-order valence-corrected chi connectivity index (χ3v) is 10.8. The smallest absolute Gasteiger partial charge is 0.0916 e. The molecule has 3 saturated carbocycles. The highest BCUT2D eigenvalue weighted by atomic mass is 16.3. The summed E-state index contributed by atoms with van der Waals surface area (Å²) in [7, 11) is 0. The first-order chi connectivity index (χ1) is 14.4. The molecule has 3 N–H and O–H groups in total. The lowest BCUT2D eigenvalue weighted by atomic mass is 9.45. The molecule has 4 aliphatic rings. The molecule has 3 heteroatoms. The predicted molar refractivity (Wildman–Crippen MR) is 126 cm³/mol. The largest absolute Gasteiger partial charge is 0.390 e. The molecule has 3 fully saturated rings. The molecule has 0 saturated heterocycles. The molecule has 3 unspecified atom stereocenters. The summed E-state index contributed by atoms with van der Waals surface area (Å²) in [4.78, 5) is 0. The van der Waals surface area contributed by atoms with Gasteiger partial charge in [0.05, 0.1) is 17.8 Å². The molecule has 0 aliphatic heterocycles. The van der Waals surface area contributed by atoms with Crippen LogP contribution in [-0.4, -0.2) is 33.1 Å². The zero-order valence-corrected chi connectivity index (χ0v) is 20.6. The number of allylic oxidation sites excluding steroid dienone is 3. The molecule has 10 atom stereocenters. The van der Waals surface area contributed by atoms with Crippen molar-refractivity contribution in [1.82, 2.24) is 0 Å². The Morgan fingerprint density at radius 3 is 2.39 bits per heavy atom. The number of fused-ring (bicyclic) bond motifs is 5. The fourth-order valence-corrected chi connectivity index (χ4v) is 8.09. The van der Waals surface area contributed by atoms with E-state index in [0.717, 1.165) is 19.3 Å². The molecule has 176 valence electrons. The Balaban J connectivity index is 1.60. The van der Waals surface area contributed by atoms with Gasteiger partial charge >= 0.3 is 0 Å². The van der Waals surface area contributed by atoms with Crippen LogP contribution >= 0.6 is 0 Å². The van der Waals surface area contributed by atoms with Gasteiger partial charge in [-0.05, 0) is 91.4 Å². The van der Waals surface area contributed by atoms with Crippen molar-refractivity contribution in [2.24, 2.45) is 46.3 Å². The zero-order valence-electron chi connectivity index (χ0n) is 20.6. The highest BCUT2D eigenvalue weighted by Crippen LogP contribution is 2.68. The van der Waals surface area contributed by atoms with Gasteiger partial charge in [-0.2, -0.15) is 0 Å². The van der Waals surface area contributed by atoms with Crippen molar-refractivity contribution >= 4 is 0 Å². The average molecular weight is 431 g/mol. The molecule has 31 heavy (non-hydrogen) atoms. The minimum Gasteiger partial charge on any atom is -0.390 e. The van der Waals surface area contributed by atoms with E-state index in [2.05, 4.69) is 59.8 Å². The molecular weight excluding hydrogens is 384 g/mol. The van der Waals surface area contributed by atoms with E-state index in [4.69, 9.17) is 0 Å². The van der Waals surface area contributed by atoms with E-state index in [-0.39, 0.29) is 16.7 Å². The minimum absolute atomic E-state index is 0.235. The SMILES string of the molecule is CC(C)[C@@H](C)C=C[C@@H](C)[C@H]1CC[C@H]2C3=CCC4CC(O)C(O)C[C@]4(C)[C@@]3(O)CC[C@]12C. The number of hydrogen-bond acceptors (Lipinski definition) is 3. The lowest BCUT2D eigenvalue weighted by Crippen LogP contribution is -2.63. The quantitative estimate of drug-likeness (QED) is 0.516. The third-order valence-electron chi connectivity index (χ3n) is 10.8. The van der Waals surface area contributed by atoms with Crippen LogP contribution in [0.15, 0.2) is 23.8 Å². The molecule has 0 heterocycles. The van der Waals surface area contributed by atoms with E-state index in [1.54, 1.807) is 0 Å². The fraction of sp³-hybridized carbons (Fsp3) is 0.857. The van der Waals surface area contributed by atoms with Gasteiger partial charge in [0.2, 0.25) is 0 Å². The summed E-state index contributed by atoms with van der Waals surface area (Å²) in [6, 6.07) is 0. The van der Waals surface area contributed by atoms with Crippen LogP contribution in [0.3, 0.4) is 0 Å². The van der Waals surface area contributed by atoms with E-state index in [0.29, 0.717) is 42.4 Å². The first kappa shape index (κ1) is 23.5. The lowest BCUT2D eigenvalue weighted by molar-refractivity contribution is -0.180. The fourth-order valence-electron chi connectivity index (χ4n) is 8.09. The molecule has 4 aliphatic carbocycles. The number of rotatable bonds is 4. The molecule has 0 bridgehead atoms. The van der Waals surface area contributed by atoms with Crippen LogP contribution in [0.4, 0.5) is 0 Å². The Kier molecular flexibility index (Phi) is 6.06. The van der Waals surface area contributed by atoms with Gasteiger partial charge in [0.1, 0.15) is 0 Å². The summed E-state index contributed by atoms with van der Waals surface area (Å²) in [5, 5.41) is 33.0. The summed E-state index contributed by atoms with van der Waals surface area (Å²) in [6.45, 7) is 14.0. The van der Waals surface area contributed by atoms with Crippen molar-refractivity contribution in [3.8, 4) is 0 Å². The van der Waals surface area contributed by atoms with Gasteiger partial charge in [-0.15, -0.1) is 0 Å². The van der Waals surface area contributed by atoms with Crippen LogP contribution in [0.2, 0.25) is 0 Å². The highest BCUT2D eigenvalue weighted by Gasteiger charge is 2.65. The van der Waals surface area contributed by atoms with Crippen molar-refractivity contribution in [1.29, 1.82) is 0 Å². The molecule has 0 aromatic carbocycles. The highest BCUT2D eigenvalue weighted by molar-refractivity contribution is 5.35. The Morgan fingerprint density at radius 2 is 1.71 bits per heavy atom. The van der Waals surface area contributed by atoms with Crippen LogP contribution in [-0.2, 0) is 0 Å². The van der Waals surface area contributed by atoms with E-state index >= 15 is 0 Å². The van der Waals surface area contributed by atoms with E-state index in [1.165, 1.54) is 18.4 Å². The van der Waals surface area contributed by atoms with Gasteiger partial charge in [-0.1, -0.05) is 59.8 Å². The summed E-state index contributed by atoms with van der Waals surface area (Å²) in [5.41, 5.74) is 0.339. The molecule has 0 radical (unpaired) electrons. The van der Waals surface area contributed by atoms with Gasteiger partial charge < -0.3 is 15.3 Å². The Morgan fingerprint density at radius 1 is 1.00 bits per heavy atom. The third kappa shape index (κ3) is 3.49. The van der Waals surface area contributed by atoms with Crippen LogP contribution in [0.25, 0.3) is 0 Å². The van der Waals surface area contributed by atoms with Crippen LogP contribution in [0.1, 0.15) is 86.5 Å². The number of aliphatic hydroxyl groups excluding tert-OH is 2. The molecule has 0 aromatic rings. The molecular formula is C28H46O3. The summed E-state index contributed by atoms with van der Waals surface area (Å²) in [5.74, 6) is 3.18.